The van der Waals surface area contributed by atoms with Gasteiger partial charge in [0.1, 0.15) is 0 Å². The average Bonchev–Trinajstić information content (AvgIpc) is 2.26. The smallest absolute Gasteiger partial charge is 0.269 e. The minimum absolute atomic E-state index is 0.00988. The van der Waals surface area contributed by atoms with E-state index in [0.29, 0.717) is 12.1 Å². The largest absolute Gasteiger partial charge is 0.396 e. The molecule has 15 heavy (non-hydrogen) atoms. The summed E-state index contributed by atoms with van der Waals surface area (Å²) in [5.74, 6) is 0. The molecule has 0 aromatic heterocycles. The number of hydrogen-bond acceptors (Lipinski definition) is 5. The molecular weight excluding hydrogens is 200 g/mol. The summed E-state index contributed by atoms with van der Waals surface area (Å²) in [5.41, 5.74) is 0.448. The van der Waals surface area contributed by atoms with Crippen LogP contribution in [0, 0.1) is 10.1 Å². The molecule has 0 saturated carbocycles. The number of hydroxylamine groups is 1. The number of anilines is 1. The Hall–Kier alpha value is -1.66. The third-order valence-electron chi connectivity index (χ3n) is 1.89. The second kappa shape index (κ2) is 5.28. The molecule has 1 rings (SSSR count). The Kier molecular flexibility index (Phi) is 4.02. The number of nitro benzene ring substituents is 1. The zero-order valence-corrected chi connectivity index (χ0v) is 8.04. The van der Waals surface area contributed by atoms with E-state index < -0.39 is 4.92 Å². The van der Waals surface area contributed by atoms with Crippen molar-refractivity contribution >= 4 is 11.4 Å². The average molecular weight is 212 g/mol. The highest BCUT2D eigenvalue weighted by atomic mass is 16.6. The van der Waals surface area contributed by atoms with Crippen molar-refractivity contribution in [3.63, 3.8) is 0 Å². The second-order valence-electron chi connectivity index (χ2n) is 2.97. The van der Waals surface area contributed by atoms with E-state index in [-0.39, 0.29) is 18.8 Å². The third kappa shape index (κ3) is 3.19. The Bertz CT molecular complexity index is 325. The summed E-state index contributed by atoms with van der Waals surface area (Å²) in [6.45, 7) is 0.276. The van der Waals surface area contributed by atoms with Crippen LogP contribution in [-0.4, -0.2) is 28.4 Å². The monoisotopic (exact) mass is 212 g/mol. The van der Waals surface area contributed by atoms with Crippen molar-refractivity contribution in [2.75, 3.05) is 18.2 Å². The normalized spacial score (nSPS) is 10.0. The van der Waals surface area contributed by atoms with Crippen LogP contribution in [0.4, 0.5) is 11.4 Å². The maximum Gasteiger partial charge on any atom is 0.269 e. The van der Waals surface area contributed by atoms with Crippen LogP contribution in [-0.2, 0) is 0 Å². The molecule has 0 saturated heterocycles. The number of aliphatic hydroxyl groups excluding tert-OH is 1. The van der Waals surface area contributed by atoms with Gasteiger partial charge in [-0.15, -0.1) is 0 Å². The summed E-state index contributed by atoms with van der Waals surface area (Å²) in [7, 11) is 0. The van der Waals surface area contributed by atoms with Crippen LogP contribution in [0.2, 0.25) is 0 Å². The lowest BCUT2D eigenvalue weighted by atomic mass is 10.3. The van der Waals surface area contributed by atoms with Crippen molar-refractivity contribution < 1.29 is 15.2 Å². The molecule has 0 aliphatic carbocycles. The van der Waals surface area contributed by atoms with Crippen LogP contribution >= 0.6 is 0 Å². The van der Waals surface area contributed by atoms with Crippen LogP contribution < -0.4 is 5.06 Å². The summed E-state index contributed by atoms with van der Waals surface area (Å²) in [4.78, 5) is 9.85. The van der Waals surface area contributed by atoms with Gasteiger partial charge in [-0.2, -0.15) is 0 Å². The number of benzene rings is 1. The highest BCUT2D eigenvalue weighted by molar-refractivity contribution is 5.48. The van der Waals surface area contributed by atoms with Gasteiger partial charge in [-0.25, -0.2) is 0 Å². The number of non-ortho nitro benzene ring substituents is 1. The molecule has 1 aromatic rings. The van der Waals surface area contributed by atoms with Crippen molar-refractivity contribution in [3.8, 4) is 0 Å². The molecule has 0 atom stereocenters. The topological polar surface area (TPSA) is 86.8 Å². The first-order valence-electron chi connectivity index (χ1n) is 4.47. The highest BCUT2D eigenvalue weighted by Crippen LogP contribution is 2.17. The fraction of sp³-hybridized carbons (Fsp3) is 0.333. The van der Waals surface area contributed by atoms with Gasteiger partial charge in [0.05, 0.1) is 10.6 Å². The number of hydrogen-bond donors (Lipinski definition) is 2. The van der Waals surface area contributed by atoms with Gasteiger partial charge in [0.25, 0.3) is 5.69 Å². The number of rotatable bonds is 5. The molecule has 82 valence electrons. The number of aliphatic hydroxyl groups is 1. The molecule has 0 heterocycles. The highest BCUT2D eigenvalue weighted by Gasteiger charge is 2.06. The first-order chi connectivity index (χ1) is 7.15. The molecule has 1 aromatic carbocycles. The van der Waals surface area contributed by atoms with Gasteiger partial charge in [0.2, 0.25) is 0 Å². The van der Waals surface area contributed by atoms with Crippen LogP contribution in [0.1, 0.15) is 6.42 Å². The summed E-state index contributed by atoms with van der Waals surface area (Å²) in [5, 5.41) is 29.3. The van der Waals surface area contributed by atoms with E-state index in [4.69, 9.17) is 5.11 Å². The molecule has 0 aliphatic heterocycles. The number of nitro groups is 1. The molecule has 6 heteroatoms. The molecular formula is C9H12N2O4. The molecule has 0 radical (unpaired) electrons. The zero-order chi connectivity index (χ0) is 11.3. The predicted molar refractivity (Wildman–Crippen MR) is 53.9 cm³/mol. The first kappa shape index (κ1) is 11.4. The Labute approximate surface area is 86.5 Å². The minimum Gasteiger partial charge on any atom is -0.396 e. The summed E-state index contributed by atoms with van der Waals surface area (Å²) >= 11 is 0. The lowest BCUT2D eigenvalue weighted by molar-refractivity contribution is -0.384. The minimum atomic E-state index is -0.501. The van der Waals surface area contributed by atoms with E-state index in [1.165, 1.54) is 24.3 Å². The van der Waals surface area contributed by atoms with Crippen LogP contribution in [0.25, 0.3) is 0 Å². The zero-order valence-electron chi connectivity index (χ0n) is 8.04. The van der Waals surface area contributed by atoms with Crippen LogP contribution in [0.3, 0.4) is 0 Å². The SMILES string of the molecule is O=[N+]([O-])c1ccc(N(O)CCCO)cc1. The lowest BCUT2D eigenvalue weighted by Gasteiger charge is -2.15. The second-order valence-corrected chi connectivity index (χ2v) is 2.97. The van der Waals surface area contributed by atoms with Crippen LogP contribution in [0.5, 0.6) is 0 Å². The molecule has 0 spiro atoms. The van der Waals surface area contributed by atoms with Gasteiger partial charge in [-0.05, 0) is 18.6 Å². The first-order valence-corrected chi connectivity index (χ1v) is 4.47. The van der Waals surface area contributed by atoms with Gasteiger partial charge < -0.3 is 5.11 Å². The maximum absolute atomic E-state index is 10.4. The molecule has 6 nitrogen and oxygen atoms in total. The molecule has 0 aliphatic rings. The third-order valence-corrected chi connectivity index (χ3v) is 1.89. The standard InChI is InChI=1S/C9H12N2O4/c12-7-1-6-10(13)8-2-4-9(5-3-8)11(14)15/h2-5,12-13H,1,6-7H2. The quantitative estimate of drug-likeness (QED) is 0.565. The van der Waals surface area contributed by atoms with Crippen molar-refractivity contribution in [1.82, 2.24) is 0 Å². The maximum atomic E-state index is 10.4. The van der Waals surface area contributed by atoms with Crippen molar-refractivity contribution in [1.29, 1.82) is 0 Å². The fourth-order valence-corrected chi connectivity index (χ4v) is 1.10. The summed E-state index contributed by atoms with van der Waals surface area (Å²) in [6.07, 6.45) is 0.438. The van der Waals surface area contributed by atoms with E-state index in [1.54, 1.807) is 0 Å². The number of nitrogens with zero attached hydrogens (tertiary/aromatic N) is 2. The predicted octanol–water partition coefficient (Wildman–Crippen LogP) is 1.17. The van der Waals surface area contributed by atoms with Crippen LogP contribution in [0.15, 0.2) is 24.3 Å². The van der Waals surface area contributed by atoms with E-state index in [0.717, 1.165) is 5.06 Å². The van der Waals surface area contributed by atoms with Gasteiger partial charge in [0, 0.05) is 25.3 Å². The lowest BCUT2D eigenvalue weighted by Crippen LogP contribution is -2.20. The molecule has 0 unspecified atom stereocenters. The summed E-state index contributed by atoms with van der Waals surface area (Å²) in [6, 6.07) is 5.54. The van der Waals surface area contributed by atoms with Gasteiger partial charge in [0.15, 0.2) is 0 Å². The van der Waals surface area contributed by atoms with E-state index in [2.05, 4.69) is 0 Å². The van der Waals surface area contributed by atoms with Gasteiger partial charge in [-0.1, -0.05) is 0 Å². The molecule has 0 amide bonds. The van der Waals surface area contributed by atoms with Gasteiger partial charge >= 0.3 is 0 Å². The van der Waals surface area contributed by atoms with E-state index >= 15 is 0 Å². The fourth-order valence-electron chi connectivity index (χ4n) is 1.10. The van der Waals surface area contributed by atoms with Crippen molar-refractivity contribution in [3.05, 3.63) is 34.4 Å². The molecule has 0 bridgehead atoms. The Morgan fingerprint density at radius 3 is 2.40 bits per heavy atom. The Morgan fingerprint density at radius 1 is 1.33 bits per heavy atom. The Morgan fingerprint density at radius 2 is 1.93 bits per heavy atom. The molecule has 0 fully saturated rings. The Balaban J connectivity index is 2.66. The molecule has 2 N–H and O–H groups in total. The van der Waals surface area contributed by atoms with E-state index in [9.17, 15) is 15.3 Å². The van der Waals surface area contributed by atoms with E-state index in [1.807, 2.05) is 0 Å². The summed E-state index contributed by atoms with van der Waals surface area (Å²) < 4.78 is 0. The van der Waals surface area contributed by atoms with Gasteiger partial charge in [-0.3, -0.25) is 20.4 Å². The van der Waals surface area contributed by atoms with Crippen molar-refractivity contribution in [2.45, 2.75) is 6.42 Å². The van der Waals surface area contributed by atoms with Crippen molar-refractivity contribution in [2.24, 2.45) is 0 Å².